The highest BCUT2D eigenvalue weighted by Crippen LogP contribution is 2.43. The van der Waals surface area contributed by atoms with Crippen LogP contribution in [0, 0.1) is 0 Å². The van der Waals surface area contributed by atoms with Crippen molar-refractivity contribution in [1.82, 2.24) is 9.21 Å². The number of fused-ring (bicyclic) bond motifs is 2. The number of carbonyl (C=O) groups excluding carboxylic acids is 1. The van der Waals surface area contributed by atoms with Crippen LogP contribution in [0.1, 0.15) is 39.7 Å². The first-order chi connectivity index (χ1) is 12.6. The van der Waals surface area contributed by atoms with Crippen molar-refractivity contribution in [2.45, 2.75) is 62.4 Å². The van der Waals surface area contributed by atoms with Crippen LogP contribution in [0.2, 0.25) is 0 Å². The number of benzene rings is 1. The fourth-order valence-electron chi connectivity index (χ4n) is 3.82. The molecule has 2 aliphatic heterocycles. The van der Waals surface area contributed by atoms with Gasteiger partial charge < -0.3 is 9.64 Å². The number of hydrogen-bond acceptors (Lipinski definition) is 4. The van der Waals surface area contributed by atoms with Gasteiger partial charge in [0.05, 0.1) is 22.0 Å². The van der Waals surface area contributed by atoms with Gasteiger partial charge in [-0.2, -0.15) is 17.5 Å². The van der Waals surface area contributed by atoms with E-state index in [9.17, 15) is 26.4 Å². The number of likely N-dealkylation sites (tertiary alicyclic amines) is 1. The van der Waals surface area contributed by atoms with Crippen molar-refractivity contribution >= 4 is 16.1 Å². The van der Waals surface area contributed by atoms with E-state index in [-0.39, 0.29) is 19.1 Å². The monoisotopic (exact) mass is 420 g/mol. The number of carbonyl (C=O) groups is 1. The molecule has 2 saturated heterocycles. The van der Waals surface area contributed by atoms with E-state index in [1.54, 1.807) is 27.7 Å². The minimum Gasteiger partial charge on any atom is -0.444 e. The average Bonchev–Trinajstić information content (AvgIpc) is 3.06. The molecule has 0 spiro atoms. The molecule has 0 unspecified atom stereocenters. The molecule has 6 nitrogen and oxygen atoms in total. The summed E-state index contributed by atoms with van der Waals surface area (Å²) >= 11 is 0. The number of nitrogens with zero attached hydrogens (tertiary/aromatic N) is 2. The molecule has 156 valence electrons. The molecule has 3 rings (SSSR count). The van der Waals surface area contributed by atoms with E-state index >= 15 is 0 Å². The van der Waals surface area contributed by atoms with E-state index in [4.69, 9.17) is 4.74 Å². The van der Waals surface area contributed by atoms with Crippen LogP contribution < -0.4 is 0 Å². The molecular formula is C18H23F3N2O4S. The van der Waals surface area contributed by atoms with Gasteiger partial charge in [0.15, 0.2) is 0 Å². The molecule has 0 saturated carbocycles. The standard InChI is InChI=1S/C18H23F3N2O4S/c1-16(2,3)27-15(24)22-11-17(4)9-13(22)10-23(17)28(25,26)14-7-5-6-12(8-14)18(19,20)21/h5-8,13H,9-11H2,1-4H3/t13-,17-/m1/s1. The van der Waals surface area contributed by atoms with Crippen LogP contribution in [-0.2, 0) is 20.9 Å². The number of sulfonamides is 1. The average molecular weight is 420 g/mol. The Labute approximate surface area is 162 Å². The lowest BCUT2D eigenvalue weighted by Gasteiger charge is -2.39. The van der Waals surface area contributed by atoms with Gasteiger partial charge >= 0.3 is 12.3 Å². The highest BCUT2D eigenvalue weighted by Gasteiger charge is 2.58. The van der Waals surface area contributed by atoms with Crippen molar-refractivity contribution in [2.24, 2.45) is 0 Å². The Kier molecular flexibility index (Phi) is 4.74. The minimum absolute atomic E-state index is 0.0221. The van der Waals surface area contributed by atoms with E-state index in [1.807, 2.05) is 0 Å². The molecule has 2 atom stereocenters. The van der Waals surface area contributed by atoms with Gasteiger partial charge in [-0.3, -0.25) is 0 Å². The first kappa shape index (κ1) is 20.9. The van der Waals surface area contributed by atoms with Crippen molar-refractivity contribution in [2.75, 3.05) is 13.1 Å². The summed E-state index contributed by atoms with van der Waals surface area (Å²) in [5.74, 6) is 0. The van der Waals surface area contributed by atoms with Crippen LogP contribution in [0.4, 0.5) is 18.0 Å². The fourth-order valence-corrected chi connectivity index (χ4v) is 5.68. The van der Waals surface area contributed by atoms with Crippen molar-refractivity contribution in [3.8, 4) is 0 Å². The van der Waals surface area contributed by atoms with Crippen molar-refractivity contribution in [1.29, 1.82) is 0 Å². The van der Waals surface area contributed by atoms with Crippen LogP contribution in [0.15, 0.2) is 29.2 Å². The fraction of sp³-hybridized carbons (Fsp3) is 0.611. The molecule has 2 heterocycles. The van der Waals surface area contributed by atoms with Crippen LogP contribution in [0.5, 0.6) is 0 Å². The maximum absolute atomic E-state index is 13.0. The first-order valence-corrected chi connectivity index (χ1v) is 10.3. The molecule has 10 heteroatoms. The van der Waals surface area contributed by atoms with Gasteiger partial charge in [0, 0.05) is 13.1 Å². The Bertz CT molecular complexity index is 895. The molecule has 1 aromatic carbocycles. The van der Waals surface area contributed by atoms with Gasteiger partial charge in [-0.05, 0) is 52.3 Å². The molecule has 2 fully saturated rings. The molecule has 2 aliphatic rings. The Balaban J connectivity index is 1.85. The highest BCUT2D eigenvalue weighted by molar-refractivity contribution is 7.89. The minimum atomic E-state index is -4.63. The third-order valence-electron chi connectivity index (χ3n) is 4.98. The number of rotatable bonds is 2. The molecule has 0 N–H and O–H groups in total. The van der Waals surface area contributed by atoms with Gasteiger partial charge in [-0.15, -0.1) is 0 Å². The van der Waals surface area contributed by atoms with Crippen LogP contribution in [0.3, 0.4) is 0 Å². The predicted molar refractivity (Wildman–Crippen MR) is 95.1 cm³/mol. The van der Waals surface area contributed by atoms with Crippen molar-refractivity contribution in [3.05, 3.63) is 29.8 Å². The lowest BCUT2D eigenvalue weighted by molar-refractivity contribution is -0.137. The third kappa shape index (κ3) is 3.71. The molecular weight excluding hydrogens is 397 g/mol. The summed E-state index contributed by atoms with van der Waals surface area (Å²) < 4.78 is 71.6. The van der Waals surface area contributed by atoms with Gasteiger partial charge in [0.2, 0.25) is 10.0 Å². The summed E-state index contributed by atoms with van der Waals surface area (Å²) in [4.78, 5) is 13.5. The normalized spacial score (nSPS) is 26.0. The molecule has 2 bridgehead atoms. The lowest BCUT2D eigenvalue weighted by Crippen LogP contribution is -2.56. The second-order valence-electron chi connectivity index (χ2n) is 8.52. The number of amides is 1. The van der Waals surface area contributed by atoms with E-state index in [0.29, 0.717) is 12.5 Å². The summed E-state index contributed by atoms with van der Waals surface area (Å²) in [6, 6.07) is 3.35. The van der Waals surface area contributed by atoms with E-state index in [1.165, 1.54) is 9.21 Å². The van der Waals surface area contributed by atoms with Crippen LogP contribution >= 0.6 is 0 Å². The zero-order valence-electron chi connectivity index (χ0n) is 16.1. The molecule has 1 amide bonds. The van der Waals surface area contributed by atoms with Crippen molar-refractivity contribution < 1.29 is 31.1 Å². The Hall–Kier alpha value is -1.81. The zero-order valence-corrected chi connectivity index (χ0v) is 16.9. The number of halogens is 3. The first-order valence-electron chi connectivity index (χ1n) is 8.83. The van der Waals surface area contributed by atoms with Gasteiger partial charge in [-0.1, -0.05) is 6.07 Å². The van der Waals surface area contributed by atoms with Crippen LogP contribution in [0.25, 0.3) is 0 Å². The SMILES string of the molecule is CC(C)(C)OC(=O)N1C[C@@]2(C)C[C@@H]1CN2S(=O)(=O)c1cccc(C(F)(F)F)c1. The Morgan fingerprint density at radius 2 is 1.89 bits per heavy atom. The largest absolute Gasteiger partial charge is 0.444 e. The maximum Gasteiger partial charge on any atom is 0.416 e. The molecule has 0 aromatic heterocycles. The second-order valence-corrected chi connectivity index (χ2v) is 10.4. The summed E-state index contributed by atoms with van der Waals surface area (Å²) in [5.41, 5.74) is -2.59. The summed E-state index contributed by atoms with van der Waals surface area (Å²) in [5, 5.41) is 0. The summed E-state index contributed by atoms with van der Waals surface area (Å²) in [6.07, 6.45) is -4.74. The quantitative estimate of drug-likeness (QED) is 0.735. The number of ether oxygens (including phenoxy) is 1. The smallest absolute Gasteiger partial charge is 0.416 e. The van der Waals surface area contributed by atoms with Gasteiger partial charge in [-0.25, -0.2) is 13.2 Å². The molecule has 0 aliphatic carbocycles. The number of piperazine rings is 1. The topological polar surface area (TPSA) is 66.9 Å². The zero-order chi connectivity index (χ0) is 21.1. The number of hydrogen-bond donors (Lipinski definition) is 0. The molecule has 0 radical (unpaired) electrons. The number of alkyl halides is 3. The van der Waals surface area contributed by atoms with Gasteiger partial charge in [0.1, 0.15) is 5.60 Å². The lowest BCUT2D eigenvalue weighted by atomic mass is 10.0. The Morgan fingerprint density at radius 3 is 2.39 bits per heavy atom. The third-order valence-corrected chi connectivity index (χ3v) is 7.00. The summed E-state index contributed by atoms with van der Waals surface area (Å²) in [7, 11) is -4.14. The summed E-state index contributed by atoms with van der Waals surface area (Å²) in [6.45, 7) is 7.07. The predicted octanol–water partition coefficient (Wildman–Crippen LogP) is 3.48. The van der Waals surface area contributed by atoms with Crippen molar-refractivity contribution in [3.63, 3.8) is 0 Å². The highest BCUT2D eigenvalue weighted by atomic mass is 32.2. The van der Waals surface area contributed by atoms with E-state index in [2.05, 4.69) is 0 Å². The Morgan fingerprint density at radius 1 is 1.25 bits per heavy atom. The molecule has 28 heavy (non-hydrogen) atoms. The van der Waals surface area contributed by atoms with Crippen LogP contribution in [-0.4, -0.2) is 54.0 Å². The second kappa shape index (κ2) is 6.35. The van der Waals surface area contributed by atoms with Gasteiger partial charge in [0.25, 0.3) is 0 Å². The van der Waals surface area contributed by atoms with E-state index < -0.39 is 43.9 Å². The molecule has 1 aromatic rings. The maximum atomic E-state index is 13.0. The van der Waals surface area contributed by atoms with E-state index in [0.717, 1.165) is 18.2 Å².